The number of hydrogen-bond donors (Lipinski definition) is 3. The van der Waals surface area contributed by atoms with E-state index in [1.165, 1.54) is 6.66 Å². The number of rotatable bonds is 4. The second-order valence-corrected chi connectivity index (χ2v) is 5.15. The topological polar surface area (TPSA) is 102 Å². The fourth-order valence-electron chi connectivity index (χ4n) is 0.519. The van der Waals surface area contributed by atoms with Crippen molar-refractivity contribution in [2.75, 3.05) is 12.8 Å². The molecule has 5 nitrogen and oxygen atoms in total. The molecule has 2 atom stereocenters. The minimum Gasteiger partial charge on any atom is -0.477 e. The molecule has 0 heterocycles. The van der Waals surface area contributed by atoms with Gasteiger partial charge in [0.25, 0.3) is 0 Å². The zero-order chi connectivity index (χ0) is 9.07. The van der Waals surface area contributed by atoms with Crippen LogP contribution in [0, 0.1) is 0 Å². The number of carboxylic acid groups (broad SMARTS) is 1. The van der Waals surface area contributed by atoms with Crippen LogP contribution in [-0.4, -0.2) is 34.8 Å². The van der Waals surface area contributed by atoms with Crippen molar-refractivity contribution in [2.45, 2.75) is 12.5 Å². The van der Waals surface area contributed by atoms with Crippen LogP contribution in [0.3, 0.4) is 0 Å². The molecule has 0 aromatic carbocycles. The highest BCUT2D eigenvalue weighted by molar-refractivity contribution is 7.57. The van der Waals surface area contributed by atoms with Gasteiger partial charge in [0.15, 0.2) is 13.4 Å². The molecule has 66 valence electrons. The van der Waals surface area contributed by atoms with Gasteiger partial charge in [0.1, 0.15) is 0 Å². The lowest BCUT2D eigenvalue weighted by Gasteiger charge is -2.05. The molecule has 0 saturated heterocycles. The van der Waals surface area contributed by atoms with E-state index in [-0.39, 0.29) is 12.6 Å². The summed E-state index contributed by atoms with van der Waals surface area (Å²) in [7, 11) is -3.06. The van der Waals surface area contributed by atoms with E-state index in [9.17, 15) is 9.36 Å². The third-order valence-electron chi connectivity index (χ3n) is 1.24. The molecule has 0 aliphatic rings. The van der Waals surface area contributed by atoms with Crippen LogP contribution < -0.4 is 5.73 Å². The van der Waals surface area contributed by atoms with Crippen LogP contribution in [0.2, 0.25) is 0 Å². The van der Waals surface area contributed by atoms with Crippen LogP contribution in [-0.2, 0) is 9.36 Å². The van der Waals surface area contributed by atoms with Gasteiger partial charge in [-0.15, -0.1) is 0 Å². The molecule has 0 fully saturated rings. The molecule has 0 aromatic heterocycles. The second kappa shape index (κ2) is 3.85. The third kappa shape index (κ3) is 6.04. The largest absolute Gasteiger partial charge is 0.477 e. The van der Waals surface area contributed by atoms with Crippen molar-refractivity contribution in [1.29, 1.82) is 0 Å². The molecule has 6 heteroatoms. The zero-order valence-electron chi connectivity index (χ0n) is 6.36. The van der Waals surface area contributed by atoms with Gasteiger partial charge in [0.2, 0.25) is 0 Å². The Hall–Kier alpha value is -0.380. The van der Waals surface area contributed by atoms with Crippen molar-refractivity contribution in [2.24, 2.45) is 0 Å². The highest BCUT2D eigenvalue weighted by Gasteiger charge is 2.19. The van der Waals surface area contributed by atoms with Gasteiger partial charge in [-0.3, -0.25) is 4.57 Å². The Labute approximate surface area is 64.7 Å². The number of carboxylic acids is 1. The van der Waals surface area contributed by atoms with E-state index in [0.29, 0.717) is 0 Å². The van der Waals surface area contributed by atoms with E-state index >= 15 is 0 Å². The van der Waals surface area contributed by atoms with E-state index in [4.69, 9.17) is 10.00 Å². The third-order valence-corrected chi connectivity index (χ3v) is 2.33. The molecular formula is C5H13NO4P+. The highest BCUT2D eigenvalue weighted by Crippen LogP contribution is 2.35. The standard InChI is InChI=1S/C5H12NO4P/c1-11(9,10)3-2-4(6)5(7)8/h4H,2-3,6H2,1H3,(H,7,8)(H,9,10)/p+1/t4-/m1/s1. The maximum Gasteiger partial charge on any atom is 0.362 e. The van der Waals surface area contributed by atoms with Crippen molar-refractivity contribution in [1.82, 2.24) is 0 Å². The number of carbonyl (C=O) groups is 1. The summed E-state index contributed by atoms with van der Waals surface area (Å²) >= 11 is 0. The van der Waals surface area contributed by atoms with Gasteiger partial charge >= 0.3 is 5.97 Å². The van der Waals surface area contributed by atoms with Crippen LogP contribution in [0.1, 0.15) is 6.42 Å². The zero-order valence-corrected chi connectivity index (χ0v) is 7.25. The number of aliphatic carboxylic acids is 1. The van der Waals surface area contributed by atoms with Gasteiger partial charge < -0.3 is 15.7 Å². The highest BCUT2D eigenvalue weighted by atomic mass is 31.2. The second-order valence-electron chi connectivity index (χ2n) is 2.60. The number of quaternary nitrogens is 1. The van der Waals surface area contributed by atoms with Crippen LogP contribution in [0.4, 0.5) is 0 Å². The minimum absolute atomic E-state index is 0.0213. The first kappa shape index (κ1) is 10.6. The quantitative estimate of drug-likeness (QED) is 0.484. The van der Waals surface area contributed by atoms with E-state index < -0.39 is 19.4 Å². The molecule has 0 radical (unpaired) electrons. The van der Waals surface area contributed by atoms with Crippen molar-refractivity contribution < 1.29 is 25.1 Å². The molecule has 1 unspecified atom stereocenters. The molecule has 5 N–H and O–H groups in total. The predicted molar refractivity (Wildman–Crippen MR) is 39.5 cm³/mol. The summed E-state index contributed by atoms with van der Waals surface area (Å²) in [6, 6.07) is -0.782. The van der Waals surface area contributed by atoms with Crippen LogP contribution in [0.15, 0.2) is 0 Å². The summed E-state index contributed by atoms with van der Waals surface area (Å²) in [6.07, 6.45) is 0.174. The van der Waals surface area contributed by atoms with Gasteiger partial charge in [-0.1, -0.05) is 0 Å². The fourth-order valence-corrected chi connectivity index (χ4v) is 1.31. The Kier molecular flexibility index (Phi) is 3.72. The molecular weight excluding hydrogens is 169 g/mol. The Morgan fingerprint density at radius 1 is 1.73 bits per heavy atom. The van der Waals surface area contributed by atoms with Gasteiger partial charge in [0.05, 0.1) is 0 Å². The van der Waals surface area contributed by atoms with Crippen molar-refractivity contribution in [3.8, 4) is 0 Å². The van der Waals surface area contributed by atoms with E-state index in [0.717, 1.165) is 0 Å². The van der Waals surface area contributed by atoms with Gasteiger partial charge in [-0.25, -0.2) is 4.79 Å². The summed E-state index contributed by atoms with van der Waals surface area (Å²) < 4.78 is 10.7. The average molecular weight is 182 g/mol. The first-order chi connectivity index (χ1) is 4.83. The van der Waals surface area contributed by atoms with Crippen molar-refractivity contribution in [3.05, 3.63) is 0 Å². The fraction of sp³-hybridized carbons (Fsp3) is 0.800. The van der Waals surface area contributed by atoms with E-state index in [1.54, 1.807) is 0 Å². The van der Waals surface area contributed by atoms with E-state index in [1.807, 2.05) is 0 Å². The lowest BCUT2D eigenvalue weighted by Crippen LogP contribution is -2.65. The molecule has 0 aliphatic heterocycles. The van der Waals surface area contributed by atoms with Gasteiger partial charge in [-0.2, -0.15) is 0 Å². The average Bonchev–Trinajstić information content (AvgIpc) is 1.80. The lowest BCUT2D eigenvalue weighted by molar-refractivity contribution is -0.407. The summed E-state index contributed by atoms with van der Waals surface area (Å²) in [4.78, 5) is 19.0. The Morgan fingerprint density at radius 2 is 2.18 bits per heavy atom. The Bertz CT molecular complexity index is 187. The summed E-state index contributed by atoms with van der Waals surface area (Å²) in [5, 5.41) is 8.35. The van der Waals surface area contributed by atoms with E-state index in [2.05, 4.69) is 5.73 Å². The monoisotopic (exact) mass is 182 g/mol. The normalized spacial score (nSPS) is 18.8. The van der Waals surface area contributed by atoms with Crippen molar-refractivity contribution in [3.63, 3.8) is 0 Å². The first-order valence-corrected chi connectivity index (χ1v) is 5.47. The lowest BCUT2D eigenvalue weighted by atomic mass is 10.2. The molecule has 0 bridgehead atoms. The predicted octanol–water partition coefficient (Wildman–Crippen LogP) is -1.03. The smallest absolute Gasteiger partial charge is 0.362 e. The maximum atomic E-state index is 10.7. The minimum atomic E-state index is -3.06. The molecule has 0 saturated carbocycles. The molecule has 0 spiro atoms. The van der Waals surface area contributed by atoms with Crippen LogP contribution in [0.25, 0.3) is 0 Å². The SMILES string of the molecule is CP(=O)(O)CC[C@@H]([NH3+])C(=O)O. The molecule has 0 amide bonds. The molecule has 0 aliphatic carbocycles. The molecule has 0 rings (SSSR count). The molecule has 11 heavy (non-hydrogen) atoms. The maximum absolute atomic E-state index is 10.7. The van der Waals surface area contributed by atoms with Crippen LogP contribution >= 0.6 is 7.37 Å². The van der Waals surface area contributed by atoms with Crippen molar-refractivity contribution >= 4 is 13.3 Å². The Morgan fingerprint density at radius 3 is 2.45 bits per heavy atom. The summed E-state index contributed by atoms with van der Waals surface area (Å²) in [6.45, 7) is 1.21. The summed E-state index contributed by atoms with van der Waals surface area (Å²) in [5.41, 5.74) is 3.31. The van der Waals surface area contributed by atoms with Gasteiger partial charge in [0, 0.05) is 19.2 Å². The summed E-state index contributed by atoms with van der Waals surface area (Å²) in [5.74, 6) is -1.03. The number of hydrogen-bond acceptors (Lipinski definition) is 2. The first-order valence-electron chi connectivity index (χ1n) is 3.18. The van der Waals surface area contributed by atoms with Gasteiger partial charge in [-0.05, 0) is 0 Å². The molecule has 0 aromatic rings. The Balaban J connectivity index is 3.72. The van der Waals surface area contributed by atoms with Crippen LogP contribution in [0.5, 0.6) is 0 Å².